The van der Waals surface area contributed by atoms with Crippen LogP contribution in [0.3, 0.4) is 0 Å². The molecule has 0 aliphatic heterocycles. The molecule has 41 heavy (non-hydrogen) atoms. The molecule has 0 aromatic rings. The zero-order valence-electron chi connectivity index (χ0n) is 26.2. The summed E-state index contributed by atoms with van der Waals surface area (Å²) in [5.74, 6) is -0.683. The van der Waals surface area contributed by atoms with Crippen molar-refractivity contribution in [1.82, 2.24) is 0 Å². The Morgan fingerprint density at radius 1 is 0.659 bits per heavy atom. The van der Waals surface area contributed by atoms with Gasteiger partial charge >= 0.3 is 11.9 Å². The van der Waals surface area contributed by atoms with Crippen LogP contribution in [0.15, 0.2) is 48.6 Å². The molecule has 6 nitrogen and oxygen atoms in total. The van der Waals surface area contributed by atoms with Crippen molar-refractivity contribution in [2.75, 3.05) is 13.2 Å². The van der Waals surface area contributed by atoms with Crippen molar-refractivity contribution >= 4 is 11.9 Å². The second kappa shape index (κ2) is 30.8. The SMILES string of the molecule is CCCCCCCCCCCC(=O)OC[C@H](CO)OC(=O)CCC/C=C\C/C=C\C/C=C\C/C=C\CC[C@H](O)CC. The van der Waals surface area contributed by atoms with Crippen LogP contribution in [0.25, 0.3) is 0 Å². The van der Waals surface area contributed by atoms with Gasteiger partial charge in [0.15, 0.2) is 6.10 Å². The minimum Gasteiger partial charge on any atom is -0.462 e. The average molecular weight is 577 g/mol. The van der Waals surface area contributed by atoms with E-state index >= 15 is 0 Å². The first-order valence-corrected chi connectivity index (χ1v) is 16.3. The molecule has 0 radical (unpaired) electrons. The quantitative estimate of drug-likeness (QED) is 0.0551. The lowest BCUT2D eigenvalue weighted by atomic mass is 10.1. The van der Waals surface area contributed by atoms with Gasteiger partial charge in [0.25, 0.3) is 0 Å². The molecule has 0 aliphatic carbocycles. The topological polar surface area (TPSA) is 93.1 Å². The van der Waals surface area contributed by atoms with Gasteiger partial charge in [-0.15, -0.1) is 0 Å². The van der Waals surface area contributed by atoms with E-state index in [4.69, 9.17) is 9.47 Å². The molecule has 2 atom stereocenters. The van der Waals surface area contributed by atoms with Crippen LogP contribution in [0.1, 0.15) is 136 Å². The molecule has 0 rings (SSSR count). The van der Waals surface area contributed by atoms with Gasteiger partial charge in [-0.25, -0.2) is 0 Å². The highest BCUT2D eigenvalue weighted by Crippen LogP contribution is 2.11. The summed E-state index contributed by atoms with van der Waals surface area (Å²) in [6.45, 7) is 3.76. The van der Waals surface area contributed by atoms with E-state index in [2.05, 4.69) is 55.5 Å². The Bertz CT molecular complexity index is 724. The number of ether oxygens (including phenoxy) is 2. The Balaban J connectivity index is 3.75. The zero-order chi connectivity index (χ0) is 30.2. The number of hydrogen-bond acceptors (Lipinski definition) is 6. The van der Waals surface area contributed by atoms with Crippen molar-refractivity contribution in [2.24, 2.45) is 0 Å². The number of carbonyl (C=O) groups excluding carboxylic acids is 2. The molecule has 0 aliphatic rings. The van der Waals surface area contributed by atoms with Crippen LogP contribution in [0, 0.1) is 0 Å². The lowest BCUT2D eigenvalue weighted by molar-refractivity contribution is -0.161. The van der Waals surface area contributed by atoms with Gasteiger partial charge in [-0.2, -0.15) is 0 Å². The summed E-state index contributed by atoms with van der Waals surface area (Å²) in [4.78, 5) is 24.0. The van der Waals surface area contributed by atoms with Crippen molar-refractivity contribution < 1.29 is 29.3 Å². The molecule has 0 aromatic heterocycles. The van der Waals surface area contributed by atoms with Crippen molar-refractivity contribution in [2.45, 2.75) is 148 Å². The van der Waals surface area contributed by atoms with E-state index in [1.807, 2.05) is 6.92 Å². The van der Waals surface area contributed by atoms with Crippen molar-refractivity contribution in [3.8, 4) is 0 Å². The molecule has 2 N–H and O–H groups in total. The van der Waals surface area contributed by atoms with Crippen LogP contribution in [0.5, 0.6) is 0 Å². The molecular weight excluding hydrogens is 516 g/mol. The molecule has 0 spiro atoms. The summed E-state index contributed by atoms with van der Waals surface area (Å²) >= 11 is 0. The molecule has 0 saturated heterocycles. The maximum absolute atomic E-state index is 12.1. The second-order valence-corrected chi connectivity index (χ2v) is 10.7. The van der Waals surface area contributed by atoms with Gasteiger partial charge in [0.1, 0.15) is 6.61 Å². The van der Waals surface area contributed by atoms with Crippen LogP contribution >= 0.6 is 0 Å². The molecule has 0 heterocycles. The third kappa shape index (κ3) is 29.1. The first-order valence-electron chi connectivity index (χ1n) is 16.3. The zero-order valence-corrected chi connectivity index (χ0v) is 26.2. The summed E-state index contributed by atoms with van der Waals surface area (Å²) in [6, 6.07) is 0. The highest BCUT2D eigenvalue weighted by atomic mass is 16.6. The lowest BCUT2D eigenvalue weighted by Gasteiger charge is -2.15. The fraction of sp³-hybridized carbons (Fsp3) is 0.714. The largest absolute Gasteiger partial charge is 0.462 e. The normalized spacial score (nSPS) is 13.6. The number of aliphatic hydroxyl groups excluding tert-OH is 2. The van der Waals surface area contributed by atoms with E-state index in [1.54, 1.807) is 0 Å². The minimum absolute atomic E-state index is 0.0965. The Kier molecular flexibility index (Phi) is 29.1. The first-order chi connectivity index (χ1) is 20.0. The van der Waals surface area contributed by atoms with Gasteiger partial charge in [0.05, 0.1) is 12.7 Å². The van der Waals surface area contributed by atoms with Crippen molar-refractivity contribution in [3.05, 3.63) is 48.6 Å². The number of allylic oxidation sites excluding steroid dienone is 8. The Morgan fingerprint density at radius 3 is 1.73 bits per heavy atom. The van der Waals surface area contributed by atoms with E-state index in [9.17, 15) is 19.8 Å². The predicted molar refractivity (Wildman–Crippen MR) is 170 cm³/mol. The molecule has 0 unspecified atom stereocenters. The second-order valence-electron chi connectivity index (χ2n) is 10.7. The highest BCUT2D eigenvalue weighted by Gasteiger charge is 2.15. The molecule has 0 fully saturated rings. The predicted octanol–water partition coefficient (Wildman–Crippen LogP) is 8.47. The molecule has 236 valence electrons. The van der Waals surface area contributed by atoms with Crippen LogP contribution in [0.4, 0.5) is 0 Å². The molecule has 6 heteroatoms. The van der Waals surface area contributed by atoms with Gasteiger partial charge in [0, 0.05) is 12.8 Å². The summed E-state index contributed by atoms with van der Waals surface area (Å²) in [7, 11) is 0. The molecular formula is C35H60O6. The maximum Gasteiger partial charge on any atom is 0.306 e. The van der Waals surface area contributed by atoms with Gasteiger partial charge in [-0.05, 0) is 57.8 Å². The van der Waals surface area contributed by atoms with Crippen LogP contribution in [-0.4, -0.2) is 47.6 Å². The Hall–Kier alpha value is -2.18. The summed E-state index contributed by atoms with van der Waals surface area (Å²) in [5.41, 5.74) is 0. The minimum atomic E-state index is -0.805. The fourth-order valence-electron chi connectivity index (χ4n) is 4.11. The van der Waals surface area contributed by atoms with Crippen LogP contribution in [0.2, 0.25) is 0 Å². The monoisotopic (exact) mass is 576 g/mol. The van der Waals surface area contributed by atoms with E-state index in [-0.39, 0.29) is 37.7 Å². The summed E-state index contributed by atoms with van der Waals surface area (Å²) in [6.07, 6.45) is 34.0. The van der Waals surface area contributed by atoms with E-state index < -0.39 is 6.10 Å². The van der Waals surface area contributed by atoms with Gasteiger partial charge in [-0.1, -0.05) is 114 Å². The number of hydrogen-bond donors (Lipinski definition) is 2. The van der Waals surface area contributed by atoms with Crippen molar-refractivity contribution in [1.29, 1.82) is 0 Å². The van der Waals surface area contributed by atoms with Crippen LogP contribution < -0.4 is 0 Å². The van der Waals surface area contributed by atoms with Gasteiger partial charge in [-0.3, -0.25) is 9.59 Å². The maximum atomic E-state index is 12.1. The average Bonchev–Trinajstić information content (AvgIpc) is 2.97. The molecule has 0 saturated carbocycles. The molecule has 0 amide bonds. The Morgan fingerprint density at radius 2 is 1.17 bits per heavy atom. The van der Waals surface area contributed by atoms with Crippen LogP contribution in [-0.2, 0) is 19.1 Å². The Labute approximate surface area is 251 Å². The first kappa shape index (κ1) is 38.8. The summed E-state index contributed by atoms with van der Waals surface area (Å²) in [5, 5.41) is 19.0. The number of unbranched alkanes of at least 4 members (excludes halogenated alkanes) is 9. The number of rotatable bonds is 28. The van der Waals surface area contributed by atoms with Gasteiger partial charge in [0.2, 0.25) is 0 Å². The smallest absolute Gasteiger partial charge is 0.306 e. The van der Waals surface area contributed by atoms with E-state index in [1.165, 1.54) is 38.5 Å². The lowest BCUT2D eigenvalue weighted by Crippen LogP contribution is -2.28. The highest BCUT2D eigenvalue weighted by molar-refractivity contribution is 5.70. The van der Waals surface area contributed by atoms with E-state index in [0.717, 1.165) is 64.2 Å². The number of carbonyl (C=O) groups is 2. The molecule has 0 aromatic carbocycles. The number of aliphatic hydroxyl groups is 2. The summed E-state index contributed by atoms with van der Waals surface area (Å²) < 4.78 is 10.5. The van der Waals surface area contributed by atoms with Crippen molar-refractivity contribution in [3.63, 3.8) is 0 Å². The number of esters is 2. The standard InChI is InChI=1S/C35H60O6/c1-3-5-6-7-8-15-19-22-25-28-34(38)40-31-33(30-36)41-35(39)29-26-23-20-17-14-12-10-9-11-13-16-18-21-24-27-32(37)4-2/h10-13,17-18,20-21,32-33,36-37H,3-9,14-16,19,22-31H2,1-2H3/b12-10-,13-11-,20-17-,21-18-/t32-,33+/m1/s1. The fourth-order valence-corrected chi connectivity index (χ4v) is 4.11. The molecule has 0 bridgehead atoms. The third-order valence-corrected chi connectivity index (χ3v) is 6.79. The van der Waals surface area contributed by atoms with Gasteiger partial charge < -0.3 is 19.7 Å². The third-order valence-electron chi connectivity index (χ3n) is 6.79. The van der Waals surface area contributed by atoms with E-state index in [0.29, 0.717) is 12.8 Å².